The maximum absolute atomic E-state index is 11.1. The number of rotatable bonds is 2. The van der Waals surface area contributed by atoms with Gasteiger partial charge in [-0.25, -0.2) is 0 Å². The van der Waals surface area contributed by atoms with Crippen LogP contribution in [0.1, 0.15) is 10.4 Å². The maximum Gasteiger partial charge on any atom is 0.231 e. The van der Waals surface area contributed by atoms with E-state index in [1.165, 1.54) is 0 Å². The molecule has 0 aliphatic carbocycles. The molecule has 0 radical (unpaired) electrons. The lowest BCUT2D eigenvalue weighted by Gasteiger charge is -1.97. The van der Waals surface area contributed by atoms with Gasteiger partial charge in [0, 0.05) is 5.56 Å². The van der Waals surface area contributed by atoms with E-state index >= 15 is 0 Å². The van der Waals surface area contributed by atoms with E-state index in [0.717, 1.165) is 6.21 Å². The zero-order valence-electron chi connectivity index (χ0n) is 6.74. The zero-order chi connectivity index (χ0) is 9.26. The normalized spacial score (nSPS) is 12.6. The Balaban J connectivity index is 2.41. The first-order valence-corrected chi connectivity index (χ1v) is 3.76. The van der Waals surface area contributed by atoms with E-state index in [-0.39, 0.29) is 12.6 Å². The van der Waals surface area contributed by atoms with Crippen LogP contribution in [0.4, 0.5) is 0 Å². The van der Waals surface area contributed by atoms with Crippen LogP contribution in [0.15, 0.2) is 18.2 Å². The molecule has 0 fully saturated rings. The SMILES string of the molecule is N=CC(=O)c1ccc2c(c1)OCO2. The van der Waals surface area contributed by atoms with Gasteiger partial charge in [-0.05, 0) is 18.2 Å². The van der Waals surface area contributed by atoms with Gasteiger partial charge in [0.1, 0.15) is 0 Å². The second-order valence-corrected chi connectivity index (χ2v) is 2.58. The van der Waals surface area contributed by atoms with Crippen molar-refractivity contribution in [2.75, 3.05) is 6.79 Å². The Hall–Kier alpha value is -1.84. The number of ketones is 1. The summed E-state index contributed by atoms with van der Waals surface area (Å²) in [4.78, 5) is 11.1. The molecule has 1 aliphatic heterocycles. The van der Waals surface area contributed by atoms with Crippen molar-refractivity contribution in [3.05, 3.63) is 23.8 Å². The fourth-order valence-electron chi connectivity index (χ4n) is 1.13. The van der Waals surface area contributed by atoms with Crippen LogP contribution in [-0.2, 0) is 0 Å². The quantitative estimate of drug-likeness (QED) is 0.546. The number of carbonyl (C=O) groups excluding carboxylic acids is 1. The molecule has 0 spiro atoms. The molecule has 0 atom stereocenters. The molecule has 0 unspecified atom stereocenters. The Morgan fingerprint density at radius 2 is 2.15 bits per heavy atom. The number of hydrogen-bond acceptors (Lipinski definition) is 4. The van der Waals surface area contributed by atoms with Crippen LogP contribution >= 0.6 is 0 Å². The van der Waals surface area contributed by atoms with Gasteiger partial charge in [-0.1, -0.05) is 0 Å². The van der Waals surface area contributed by atoms with Crippen LogP contribution in [0.5, 0.6) is 11.5 Å². The van der Waals surface area contributed by atoms with E-state index in [1.54, 1.807) is 18.2 Å². The van der Waals surface area contributed by atoms with Crippen LogP contribution in [-0.4, -0.2) is 18.8 Å². The van der Waals surface area contributed by atoms with E-state index in [1.807, 2.05) is 0 Å². The Labute approximate surface area is 74.6 Å². The van der Waals surface area contributed by atoms with E-state index in [0.29, 0.717) is 17.1 Å². The maximum atomic E-state index is 11.1. The third-order valence-electron chi connectivity index (χ3n) is 1.79. The van der Waals surface area contributed by atoms with Gasteiger partial charge < -0.3 is 14.9 Å². The van der Waals surface area contributed by atoms with E-state index in [9.17, 15) is 4.79 Å². The molecule has 0 saturated heterocycles. The molecule has 4 heteroatoms. The van der Waals surface area contributed by atoms with Gasteiger partial charge in [-0.2, -0.15) is 0 Å². The molecule has 2 rings (SSSR count). The molecule has 1 aliphatic rings. The van der Waals surface area contributed by atoms with Crippen molar-refractivity contribution in [1.29, 1.82) is 5.41 Å². The van der Waals surface area contributed by atoms with Gasteiger partial charge in [-0.15, -0.1) is 0 Å². The molecule has 0 amide bonds. The molecule has 0 bridgehead atoms. The highest BCUT2D eigenvalue weighted by atomic mass is 16.7. The van der Waals surface area contributed by atoms with Gasteiger partial charge in [-0.3, -0.25) is 4.79 Å². The average molecular weight is 177 g/mol. The van der Waals surface area contributed by atoms with Gasteiger partial charge in [0.15, 0.2) is 11.5 Å². The third-order valence-corrected chi connectivity index (χ3v) is 1.79. The number of hydrogen-bond donors (Lipinski definition) is 1. The number of nitrogens with one attached hydrogen (secondary N) is 1. The molecule has 66 valence electrons. The summed E-state index contributed by atoms with van der Waals surface area (Å²) in [7, 11) is 0. The van der Waals surface area contributed by atoms with Crippen molar-refractivity contribution < 1.29 is 14.3 Å². The number of benzene rings is 1. The molecule has 1 aromatic rings. The highest BCUT2D eigenvalue weighted by Gasteiger charge is 2.14. The lowest BCUT2D eigenvalue weighted by atomic mass is 10.1. The predicted molar refractivity (Wildman–Crippen MR) is 45.7 cm³/mol. The summed E-state index contributed by atoms with van der Waals surface area (Å²) in [5, 5.41) is 6.80. The molecular weight excluding hydrogens is 170 g/mol. The van der Waals surface area contributed by atoms with Crippen molar-refractivity contribution in [2.24, 2.45) is 0 Å². The van der Waals surface area contributed by atoms with Crippen molar-refractivity contribution >= 4 is 12.0 Å². The summed E-state index contributed by atoms with van der Waals surface area (Å²) in [6.45, 7) is 0.192. The van der Waals surface area contributed by atoms with Gasteiger partial charge in [0.2, 0.25) is 12.6 Å². The summed E-state index contributed by atoms with van der Waals surface area (Å²) in [6.07, 6.45) is 0.775. The molecular formula is C9H7NO3. The molecule has 0 saturated carbocycles. The molecule has 0 aromatic heterocycles. The largest absolute Gasteiger partial charge is 0.454 e. The first kappa shape index (κ1) is 7.79. The summed E-state index contributed by atoms with van der Waals surface area (Å²) < 4.78 is 10.2. The van der Waals surface area contributed by atoms with Crippen molar-refractivity contribution in [3.8, 4) is 11.5 Å². The minimum Gasteiger partial charge on any atom is -0.454 e. The lowest BCUT2D eigenvalue weighted by Crippen LogP contribution is -1.98. The molecule has 4 nitrogen and oxygen atoms in total. The fraction of sp³-hybridized carbons (Fsp3) is 0.111. The minimum absolute atomic E-state index is 0.192. The van der Waals surface area contributed by atoms with Crippen molar-refractivity contribution in [3.63, 3.8) is 0 Å². The second-order valence-electron chi connectivity index (χ2n) is 2.58. The summed E-state index contributed by atoms with van der Waals surface area (Å²) >= 11 is 0. The summed E-state index contributed by atoms with van der Waals surface area (Å²) in [5.74, 6) is 0.868. The molecule has 1 N–H and O–H groups in total. The lowest BCUT2D eigenvalue weighted by molar-refractivity contribution is 0.106. The molecule has 1 heterocycles. The van der Waals surface area contributed by atoms with Crippen LogP contribution in [0.3, 0.4) is 0 Å². The Morgan fingerprint density at radius 1 is 1.38 bits per heavy atom. The topological polar surface area (TPSA) is 59.4 Å². The number of fused-ring (bicyclic) bond motifs is 1. The van der Waals surface area contributed by atoms with Crippen molar-refractivity contribution in [2.45, 2.75) is 0 Å². The average Bonchev–Trinajstić information content (AvgIpc) is 2.63. The Bertz CT molecular complexity index is 373. The summed E-state index contributed by atoms with van der Waals surface area (Å²) in [6, 6.07) is 4.86. The third kappa shape index (κ3) is 1.26. The van der Waals surface area contributed by atoms with Gasteiger partial charge >= 0.3 is 0 Å². The van der Waals surface area contributed by atoms with Crippen LogP contribution < -0.4 is 9.47 Å². The van der Waals surface area contributed by atoms with Gasteiger partial charge in [0.25, 0.3) is 0 Å². The Kier molecular flexibility index (Phi) is 1.73. The van der Waals surface area contributed by atoms with Crippen molar-refractivity contribution in [1.82, 2.24) is 0 Å². The predicted octanol–water partition coefficient (Wildman–Crippen LogP) is 1.25. The van der Waals surface area contributed by atoms with Crippen LogP contribution in [0.2, 0.25) is 0 Å². The number of ether oxygens (including phenoxy) is 2. The smallest absolute Gasteiger partial charge is 0.231 e. The fourth-order valence-corrected chi connectivity index (χ4v) is 1.13. The number of Topliss-reactive ketones (excluding diaryl/α,β-unsaturated/α-hetero) is 1. The Morgan fingerprint density at radius 3 is 2.92 bits per heavy atom. The van der Waals surface area contributed by atoms with Gasteiger partial charge in [0.05, 0.1) is 6.21 Å². The monoisotopic (exact) mass is 177 g/mol. The highest BCUT2D eigenvalue weighted by Crippen LogP contribution is 2.32. The van der Waals surface area contributed by atoms with E-state index in [2.05, 4.69) is 0 Å². The van der Waals surface area contributed by atoms with E-state index < -0.39 is 0 Å². The molecule has 13 heavy (non-hydrogen) atoms. The minimum atomic E-state index is -0.335. The second kappa shape index (κ2) is 2.90. The van der Waals surface area contributed by atoms with Crippen LogP contribution in [0.25, 0.3) is 0 Å². The highest BCUT2D eigenvalue weighted by molar-refractivity contribution is 6.34. The number of carbonyl (C=O) groups is 1. The molecule has 1 aromatic carbocycles. The zero-order valence-corrected chi connectivity index (χ0v) is 6.74. The van der Waals surface area contributed by atoms with Crippen LogP contribution in [0, 0.1) is 5.41 Å². The first-order valence-electron chi connectivity index (χ1n) is 3.76. The standard InChI is InChI=1S/C9H7NO3/c10-4-7(11)6-1-2-8-9(3-6)13-5-12-8/h1-4,10H,5H2. The van der Waals surface area contributed by atoms with E-state index in [4.69, 9.17) is 14.9 Å². The first-order chi connectivity index (χ1) is 6.31. The summed E-state index contributed by atoms with van der Waals surface area (Å²) in [5.41, 5.74) is 0.444.